The number of fused-ring (bicyclic) bond motifs is 1. The molecule has 1 saturated heterocycles. The Morgan fingerprint density at radius 1 is 1.17 bits per heavy atom. The quantitative estimate of drug-likeness (QED) is 0.820. The molecule has 0 saturated carbocycles. The van der Waals surface area contributed by atoms with E-state index in [2.05, 4.69) is 9.88 Å². The molecule has 18 heavy (non-hydrogen) atoms. The second kappa shape index (κ2) is 4.48. The van der Waals surface area contributed by atoms with Crippen molar-refractivity contribution in [1.82, 2.24) is 4.98 Å². The summed E-state index contributed by atoms with van der Waals surface area (Å²) in [6.07, 6.45) is 3.73. The zero-order valence-corrected chi connectivity index (χ0v) is 10.7. The summed E-state index contributed by atoms with van der Waals surface area (Å²) >= 11 is 0. The Morgan fingerprint density at radius 3 is 2.61 bits per heavy atom. The number of carbonyl (C=O) groups is 1. The van der Waals surface area contributed by atoms with Crippen LogP contribution >= 0.6 is 0 Å². The molecule has 3 nitrogen and oxygen atoms in total. The summed E-state index contributed by atoms with van der Waals surface area (Å²) in [5, 5.41) is 1.05. The van der Waals surface area contributed by atoms with Crippen molar-refractivity contribution in [3.05, 3.63) is 29.8 Å². The molecule has 0 spiro atoms. The number of hydrogen-bond donors (Lipinski definition) is 1. The smallest absolute Gasteiger partial charge is 0.164 e. The van der Waals surface area contributed by atoms with Crippen molar-refractivity contribution < 1.29 is 4.79 Å². The summed E-state index contributed by atoms with van der Waals surface area (Å²) in [6, 6.07) is 8.05. The first-order valence-corrected chi connectivity index (χ1v) is 6.64. The van der Waals surface area contributed by atoms with Crippen molar-refractivity contribution in [2.24, 2.45) is 0 Å². The van der Waals surface area contributed by atoms with Gasteiger partial charge in [0.05, 0.1) is 5.56 Å². The van der Waals surface area contributed by atoms with Gasteiger partial charge in [0.2, 0.25) is 0 Å². The van der Waals surface area contributed by atoms with Gasteiger partial charge in [-0.1, -0.05) is 18.2 Å². The number of rotatable bonds is 2. The molecule has 0 aliphatic carbocycles. The highest BCUT2D eigenvalue weighted by molar-refractivity contribution is 6.11. The lowest BCUT2D eigenvalue weighted by Gasteiger charge is -2.28. The van der Waals surface area contributed by atoms with Crippen LogP contribution < -0.4 is 4.90 Å². The number of carbonyl (C=O) groups excluding carboxylic acids is 1. The van der Waals surface area contributed by atoms with Crippen molar-refractivity contribution in [3.63, 3.8) is 0 Å². The second-order valence-corrected chi connectivity index (χ2v) is 5.00. The van der Waals surface area contributed by atoms with E-state index in [9.17, 15) is 4.79 Å². The van der Waals surface area contributed by atoms with Crippen LogP contribution in [0.2, 0.25) is 0 Å². The van der Waals surface area contributed by atoms with E-state index < -0.39 is 0 Å². The Balaban J connectivity index is 2.14. The summed E-state index contributed by atoms with van der Waals surface area (Å²) in [5.74, 6) is 1.16. The molecule has 1 aromatic carbocycles. The number of H-pyrrole nitrogens is 1. The average Bonchev–Trinajstić information content (AvgIpc) is 2.79. The zero-order chi connectivity index (χ0) is 12.5. The van der Waals surface area contributed by atoms with Gasteiger partial charge in [0, 0.05) is 24.0 Å². The van der Waals surface area contributed by atoms with Gasteiger partial charge in [-0.25, -0.2) is 0 Å². The number of aromatic nitrogens is 1. The SMILES string of the molecule is CC(=O)c1c(N2CCCCC2)[nH]c2ccccc12. The summed E-state index contributed by atoms with van der Waals surface area (Å²) in [5.41, 5.74) is 1.91. The normalized spacial score (nSPS) is 16.2. The maximum Gasteiger partial charge on any atom is 0.164 e. The van der Waals surface area contributed by atoms with Gasteiger partial charge < -0.3 is 9.88 Å². The van der Waals surface area contributed by atoms with Crippen LogP contribution in [0, 0.1) is 0 Å². The van der Waals surface area contributed by atoms with Gasteiger partial charge in [-0.2, -0.15) is 0 Å². The lowest BCUT2D eigenvalue weighted by atomic mass is 10.1. The predicted octanol–water partition coefficient (Wildman–Crippen LogP) is 3.36. The van der Waals surface area contributed by atoms with Crippen LogP contribution in [0.3, 0.4) is 0 Å². The van der Waals surface area contributed by atoms with Crippen LogP contribution in [0.25, 0.3) is 10.9 Å². The molecular formula is C15H18N2O. The van der Waals surface area contributed by atoms with Crippen LogP contribution in [0.5, 0.6) is 0 Å². The van der Waals surface area contributed by atoms with Gasteiger partial charge in [0.25, 0.3) is 0 Å². The summed E-state index contributed by atoms with van der Waals surface area (Å²) < 4.78 is 0. The highest BCUT2D eigenvalue weighted by Crippen LogP contribution is 2.30. The standard InChI is InChI=1S/C15H18N2O/c1-11(18)14-12-7-3-4-8-13(12)16-15(14)17-9-5-2-6-10-17/h3-4,7-8,16H,2,5-6,9-10H2,1H3. The van der Waals surface area contributed by atoms with Crippen LogP contribution in [0.4, 0.5) is 5.82 Å². The van der Waals surface area contributed by atoms with E-state index in [0.29, 0.717) is 0 Å². The Hall–Kier alpha value is -1.77. The molecule has 2 heterocycles. The van der Waals surface area contributed by atoms with Crippen molar-refractivity contribution in [3.8, 4) is 0 Å². The van der Waals surface area contributed by atoms with Gasteiger partial charge in [-0.15, -0.1) is 0 Å². The molecular weight excluding hydrogens is 224 g/mol. The highest BCUT2D eigenvalue weighted by Gasteiger charge is 2.21. The average molecular weight is 242 g/mol. The molecule has 1 fully saturated rings. The number of ketones is 1. The number of nitrogens with one attached hydrogen (secondary N) is 1. The number of piperidine rings is 1. The molecule has 1 aromatic heterocycles. The van der Waals surface area contributed by atoms with Crippen LogP contribution in [-0.4, -0.2) is 23.9 Å². The Kier molecular flexibility index (Phi) is 2.82. The third-order valence-corrected chi connectivity index (χ3v) is 3.71. The number of aromatic amines is 1. The maximum atomic E-state index is 11.9. The Labute approximate surface area is 107 Å². The fourth-order valence-corrected chi connectivity index (χ4v) is 2.84. The monoisotopic (exact) mass is 242 g/mol. The van der Waals surface area contributed by atoms with Crippen LogP contribution in [0.1, 0.15) is 36.5 Å². The number of para-hydroxylation sites is 1. The fourth-order valence-electron chi connectivity index (χ4n) is 2.84. The second-order valence-electron chi connectivity index (χ2n) is 5.00. The van der Waals surface area contributed by atoms with Crippen LogP contribution in [0.15, 0.2) is 24.3 Å². The molecule has 3 rings (SSSR count). The summed E-state index contributed by atoms with van der Waals surface area (Å²) in [6.45, 7) is 3.75. The maximum absolute atomic E-state index is 11.9. The minimum absolute atomic E-state index is 0.146. The zero-order valence-electron chi connectivity index (χ0n) is 10.7. The highest BCUT2D eigenvalue weighted by atomic mass is 16.1. The lowest BCUT2D eigenvalue weighted by Crippen LogP contribution is -2.30. The van der Waals surface area contributed by atoms with Crippen LogP contribution in [-0.2, 0) is 0 Å². The fraction of sp³-hybridized carbons (Fsp3) is 0.400. The Bertz CT molecular complexity index is 579. The molecule has 94 valence electrons. The van der Waals surface area contributed by atoms with Crippen molar-refractivity contribution >= 4 is 22.5 Å². The number of hydrogen-bond acceptors (Lipinski definition) is 2. The first-order valence-electron chi connectivity index (χ1n) is 6.64. The van der Waals surface area contributed by atoms with Gasteiger partial charge in [-0.05, 0) is 32.3 Å². The number of nitrogens with zero attached hydrogens (tertiary/aromatic N) is 1. The molecule has 0 radical (unpaired) electrons. The molecule has 0 unspecified atom stereocenters. The molecule has 3 heteroatoms. The summed E-state index contributed by atoms with van der Waals surface area (Å²) in [4.78, 5) is 17.7. The van der Waals surface area contributed by atoms with Crippen molar-refractivity contribution in [1.29, 1.82) is 0 Å². The minimum atomic E-state index is 0.146. The van der Waals surface area contributed by atoms with Gasteiger partial charge in [-0.3, -0.25) is 4.79 Å². The van der Waals surface area contributed by atoms with E-state index in [4.69, 9.17) is 0 Å². The molecule has 0 atom stereocenters. The van der Waals surface area contributed by atoms with Gasteiger partial charge in [0.1, 0.15) is 5.82 Å². The van der Waals surface area contributed by atoms with Gasteiger partial charge in [0.15, 0.2) is 5.78 Å². The largest absolute Gasteiger partial charge is 0.358 e. The molecule has 0 amide bonds. The third kappa shape index (κ3) is 1.80. The molecule has 0 bridgehead atoms. The first-order chi connectivity index (χ1) is 8.77. The molecule has 1 aliphatic heterocycles. The number of anilines is 1. The van der Waals surface area contributed by atoms with Gasteiger partial charge >= 0.3 is 0 Å². The minimum Gasteiger partial charge on any atom is -0.358 e. The lowest BCUT2D eigenvalue weighted by molar-refractivity contribution is 0.101. The molecule has 2 aromatic rings. The number of Topliss-reactive ketones (excluding diaryl/α,β-unsaturated/α-hetero) is 1. The van der Waals surface area contributed by atoms with E-state index in [-0.39, 0.29) is 5.78 Å². The molecule has 1 N–H and O–H groups in total. The van der Waals surface area contributed by atoms with Crippen molar-refractivity contribution in [2.75, 3.05) is 18.0 Å². The van der Waals surface area contributed by atoms with E-state index in [0.717, 1.165) is 35.4 Å². The third-order valence-electron chi connectivity index (χ3n) is 3.71. The van der Waals surface area contributed by atoms with E-state index in [1.807, 2.05) is 24.3 Å². The van der Waals surface area contributed by atoms with E-state index in [1.54, 1.807) is 6.92 Å². The predicted molar refractivity (Wildman–Crippen MR) is 74.4 cm³/mol. The topological polar surface area (TPSA) is 36.1 Å². The molecule has 1 aliphatic rings. The Morgan fingerprint density at radius 2 is 1.89 bits per heavy atom. The van der Waals surface area contributed by atoms with E-state index in [1.165, 1.54) is 19.3 Å². The van der Waals surface area contributed by atoms with Crippen molar-refractivity contribution in [2.45, 2.75) is 26.2 Å². The summed E-state index contributed by atoms with van der Waals surface area (Å²) in [7, 11) is 0. The first kappa shape index (κ1) is 11.3. The van der Waals surface area contributed by atoms with E-state index >= 15 is 0 Å². The number of benzene rings is 1.